The van der Waals surface area contributed by atoms with Gasteiger partial charge in [-0.2, -0.15) is 0 Å². The van der Waals surface area contributed by atoms with Gasteiger partial charge in [-0.1, -0.05) is 27.7 Å². The molecule has 0 spiro atoms. The van der Waals surface area contributed by atoms with Gasteiger partial charge in [0.1, 0.15) is 9.84 Å². The van der Waals surface area contributed by atoms with Crippen LogP contribution in [0.3, 0.4) is 0 Å². The number of sulfone groups is 1. The van der Waals surface area contributed by atoms with E-state index in [1.54, 1.807) is 0 Å². The summed E-state index contributed by atoms with van der Waals surface area (Å²) in [6.45, 7) is 10.4. The van der Waals surface area contributed by atoms with Gasteiger partial charge in [0.15, 0.2) is 0 Å². The standard InChI is InChI=1S/C13H29NO2S/c1-5-8-14-11-13(4)12(3)7-10-17(15,16)9-6-2/h12-14H,5-11H2,1-4H3. The molecule has 0 saturated carbocycles. The molecule has 0 aliphatic rings. The van der Waals surface area contributed by atoms with Crippen LogP contribution in [-0.4, -0.2) is 33.0 Å². The molecule has 0 rings (SSSR count). The Kier molecular flexibility index (Phi) is 8.88. The molecule has 3 nitrogen and oxygen atoms in total. The lowest BCUT2D eigenvalue weighted by Crippen LogP contribution is -2.27. The fourth-order valence-electron chi connectivity index (χ4n) is 1.77. The van der Waals surface area contributed by atoms with Crippen LogP contribution in [0, 0.1) is 11.8 Å². The molecule has 1 N–H and O–H groups in total. The topological polar surface area (TPSA) is 46.2 Å². The van der Waals surface area contributed by atoms with Crippen LogP contribution in [0.25, 0.3) is 0 Å². The molecule has 2 unspecified atom stereocenters. The maximum absolute atomic E-state index is 11.6. The van der Waals surface area contributed by atoms with E-state index in [1.165, 1.54) is 0 Å². The summed E-state index contributed by atoms with van der Waals surface area (Å²) < 4.78 is 23.2. The molecule has 0 aromatic rings. The summed E-state index contributed by atoms with van der Waals surface area (Å²) in [6, 6.07) is 0. The van der Waals surface area contributed by atoms with E-state index in [2.05, 4.69) is 26.1 Å². The molecular weight excluding hydrogens is 234 g/mol. The zero-order valence-electron chi connectivity index (χ0n) is 11.8. The van der Waals surface area contributed by atoms with Gasteiger partial charge in [0.25, 0.3) is 0 Å². The Labute approximate surface area is 107 Å². The third-order valence-electron chi connectivity index (χ3n) is 3.26. The lowest BCUT2D eigenvalue weighted by molar-refractivity contribution is 0.358. The van der Waals surface area contributed by atoms with Gasteiger partial charge in [-0.25, -0.2) is 8.42 Å². The van der Waals surface area contributed by atoms with E-state index in [0.29, 0.717) is 23.3 Å². The first-order valence-corrected chi connectivity index (χ1v) is 8.66. The van der Waals surface area contributed by atoms with Crippen molar-refractivity contribution in [1.29, 1.82) is 0 Å². The first-order valence-electron chi connectivity index (χ1n) is 6.84. The van der Waals surface area contributed by atoms with Gasteiger partial charge in [-0.3, -0.25) is 0 Å². The lowest BCUT2D eigenvalue weighted by Gasteiger charge is -2.20. The van der Waals surface area contributed by atoms with Crippen molar-refractivity contribution >= 4 is 9.84 Å². The van der Waals surface area contributed by atoms with E-state index in [-0.39, 0.29) is 0 Å². The molecule has 0 aliphatic carbocycles. The molecule has 104 valence electrons. The van der Waals surface area contributed by atoms with Crippen molar-refractivity contribution in [1.82, 2.24) is 5.32 Å². The van der Waals surface area contributed by atoms with Crippen LogP contribution in [0.15, 0.2) is 0 Å². The second-order valence-corrected chi connectivity index (χ2v) is 7.40. The number of hydrogen-bond acceptors (Lipinski definition) is 3. The van der Waals surface area contributed by atoms with Crippen molar-refractivity contribution in [3.05, 3.63) is 0 Å². The molecule has 17 heavy (non-hydrogen) atoms. The van der Waals surface area contributed by atoms with Crippen molar-refractivity contribution in [2.75, 3.05) is 24.6 Å². The minimum absolute atomic E-state index is 0.336. The van der Waals surface area contributed by atoms with Crippen molar-refractivity contribution in [2.45, 2.75) is 47.0 Å². The van der Waals surface area contributed by atoms with Gasteiger partial charge in [0, 0.05) is 5.75 Å². The van der Waals surface area contributed by atoms with E-state index >= 15 is 0 Å². The van der Waals surface area contributed by atoms with Crippen molar-refractivity contribution < 1.29 is 8.42 Å². The smallest absolute Gasteiger partial charge is 0.150 e. The Morgan fingerprint density at radius 1 is 1.00 bits per heavy atom. The molecule has 0 heterocycles. The van der Waals surface area contributed by atoms with Crippen LogP contribution in [0.1, 0.15) is 47.0 Å². The monoisotopic (exact) mass is 263 g/mol. The summed E-state index contributed by atoms with van der Waals surface area (Å²) in [7, 11) is -2.81. The Balaban J connectivity index is 3.88. The molecule has 0 fully saturated rings. The minimum atomic E-state index is -2.81. The number of nitrogens with one attached hydrogen (secondary N) is 1. The molecule has 0 radical (unpaired) electrons. The largest absolute Gasteiger partial charge is 0.316 e. The van der Waals surface area contributed by atoms with Crippen LogP contribution in [0.2, 0.25) is 0 Å². The zero-order chi connectivity index (χ0) is 13.3. The molecule has 0 bridgehead atoms. The first-order chi connectivity index (χ1) is 7.93. The second kappa shape index (κ2) is 8.92. The summed E-state index contributed by atoms with van der Waals surface area (Å²) in [6.07, 6.45) is 2.66. The highest BCUT2D eigenvalue weighted by atomic mass is 32.2. The maximum Gasteiger partial charge on any atom is 0.150 e. The van der Waals surface area contributed by atoms with Gasteiger partial charge in [0.2, 0.25) is 0 Å². The average molecular weight is 263 g/mol. The lowest BCUT2D eigenvalue weighted by atomic mass is 9.93. The van der Waals surface area contributed by atoms with Crippen molar-refractivity contribution in [3.63, 3.8) is 0 Å². The Morgan fingerprint density at radius 3 is 2.18 bits per heavy atom. The predicted octanol–water partition coefficient (Wildman–Crippen LogP) is 2.47. The van der Waals surface area contributed by atoms with Crippen LogP contribution in [0.4, 0.5) is 0 Å². The Bertz CT molecular complexity index is 275. The van der Waals surface area contributed by atoms with E-state index in [4.69, 9.17) is 0 Å². The van der Waals surface area contributed by atoms with E-state index in [1.807, 2.05) is 6.92 Å². The molecular formula is C13H29NO2S. The highest BCUT2D eigenvalue weighted by molar-refractivity contribution is 7.91. The van der Waals surface area contributed by atoms with Gasteiger partial charge in [-0.15, -0.1) is 0 Å². The summed E-state index contributed by atoms with van der Waals surface area (Å²) in [5.74, 6) is 1.69. The average Bonchev–Trinajstić information content (AvgIpc) is 2.26. The van der Waals surface area contributed by atoms with E-state index in [9.17, 15) is 8.42 Å². The molecule has 2 atom stereocenters. The molecule has 0 saturated heterocycles. The molecule has 0 amide bonds. The quantitative estimate of drug-likeness (QED) is 0.616. The van der Waals surface area contributed by atoms with Crippen LogP contribution in [-0.2, 0) is 9.84 Å². The normalized spacial score (nSPS) is 15.8. The molecule has 0 aliphatic heterocycles. The zero-order valence-corrected chi connectivity index (χ0v) is 12.6. The third-order valence-corrected chi connectivity index (χ3v) is 5.15. The van der Waals surface area contributed by atoms with Crippen LogP contribution >= 0.6 is 0 Å². The molecule has 4 heteroatoms. The van der Waals surface area contributed by atoms with E-state index < -0.39 is 9.84 Å². The van der Waals surface area contributed by atoms with Gasteiger partial charge in [0.05, 0.1) is 5.75 Å². The summed E-state index contributed by atoms with van der Waals surface area (Å²) in [5.41, 5.74) is 0. The Hall–Kier alpha value is -0.0900. The summed E-state index contributed by atoms with van der Waals surface area (Å²) in [4.78, 5) is 0. The SMILES string of the molecule is CCCNCC(C)C(C)CCS(=O)(=O)CCC. The van der Waals surface area contributed by atoms with Crippen molar-refractivity contribution in [3.8, 4) is 0 Å². The fraction of sp³-hybridized carbons (Fsp3) is 1.00. The number of hydrogen-bond donors (Lipinski definition) is 1. The highest BCUT2D eigenvalue weighted by Crippen LogP contribution is 2.15. The summed E-state index contributed by atoms with van der Waals surface area (Å²) >= 11 is 0. The summed E-state index contributed by atoms with van der Waals surface area (Å²) in [5, 5.41) is 3.39. The predicted molar refractivity (Wildman–Crippen MR) is 75.1 cm³/mol. The molecule has 0 aromatic carbocycles. The number of rotatable bonds is 10. The van der Waals surface area contributed by atoms with Crippen molar-refractivity contribution in [2.24, 2.45) is 11.8 Å². The third kappa shape index (κ3) is 8.61. The van der Waals surface area contributed by atoms with E-state index in [0.717, 1.165) is 32.4 Å². The van der Waals surface area contributed by atoms with Gasteiger partial charge in [-0.05, 0) is 44.2 Å². The Morgan fingerprint density at radius 2 is 1.65 bits per heavy atom. The van der Waals surface area contributed by atoms with Gasteiger partial charge < -0.3 is 5.32 Å². The van der Waals surface area contributed by atoms with Crippen LogP contribution in [0.5, 0.6) is 0 Å². The first kappa shape index (κ1) is 16.9. The fourth-order valence-corrected chi connectivity index (χ4v) is 3.33. The minimum Gasteiger partial charge on any atom is -0.316 e. The van der Waals surface area contributed by atoms with Crippen LogP contribution < -0.4 is 5.32 Å². The molecule has 0 aromatic heterocycles. The second-order valence-electron chi connectivity index (χ2n) is 5.10. The maximum atomic E-state index is 11.6. The van der Waals surface area contributed by atoms with Gasteiger partial charge >= 0.3 is 0 Å². The highest BCUT2D eigenvalue weighted by Gasteiger charge is 2.16.